The monoisotopic (exact) mass is 212 g/mol. The number of carbonyl (C=O) groups excluding carboxylic acids is 2. The van der Waals surface area contributed by atoms with Gasteiger partial charge in [0.1, 0.15) is 5.60 Å². The Kier molecular flexibility index (Phi) is 3.12. The molecule has 0 saturated carbocycles. The first kappa shape index (κ1) is 11.7. The van der Waals surface area contributed by atoms with Gasteiger partial charge in [-0.05, 0) is 20.8 Å². The predicted molar refractivity (Wildman–Crippen MR) is 55.9 cm³/mol. The lowest BCUT2D eigenvalue weighted by Gasteiger charge is -2.24. The van der Waals surface area contributed by atoms with Crippen molar-refractivity contribution in [2.24, 2.45) is 4.99 Å². The molecule has 0 fully saturated rings. The maximum atomic E-state index is 11.6. The zero-order chi connectivity index (χ0) is 11.6. The number of ketones is 1. The summed E-state index contributed by atoms with van der Waals surface area (Å²) in [6.45, 7) is 7.63. The van der Waals surface area contributed by atoms with Gasteiger partial charge in [-0.3, -0.25) is 14.7 Å². The van der Waals surface area contributed by atoms with Gasteiger partial charge in [-0.15, -0.1) is 0 Å². The summed E-state index contributed by atoms with van der Waals surface area (Å²) in [5.74, 6) is -0.0115. The van der Waals surface area contributed by atoms with Gasteiger partial charge in [0, 0.05) is 6.92 Å². The summed E-state index contributed by atoms with van der Waals surface area (Å²) < 4.78 is 5.16. The molecule has 1 aliphatic heterocycles. The summed E-state index contributed by atoms with van der Waals surface area (Å²) >= 11 is 0. The van der Waals surface area contributed by atoms with Crippen LogP contribution in [0, 0.1) is 0 Å². The van der Waals surface area contributed by atoms with E-state index in [4.69, 9.17) is 4.74 Å². The van der Waals surface area contributed by atoms with Crippen LogP contribution in [0.2, 0.25) is 0 Å². The van der Waals surface area contributed by atoms with Gasteiger partial charge in [-0.1, -0.05) is 0 Å². The number of carbonyl (C=O) groups is 2. The molecule has 84 valence electrons. The normalized spacial score (nSPS) is 16.3. The first-order valence-corrected chi connectivity index (χ1v) is 4.87. The maximum Gasteiger partial charge on any atom is 0.416 e. The molecule has 0 atom stereocenters. The van der Waals surface area contributed by atoms with E-state index in [2.05, 4.69) is 4.99 Å². The van der Waals surface area contributed by atoms with Crippen molar-refractivity contribution in [1.29, 1.82) is 0 Å². The summed E-state index contributed by atoms with van der Waals surface area (Å²) in [5, 5.41) is 0. The SMILES string of the molecule is CC(=O)C1=NCCN1C(=O)OC(C)(C)C. The van der Waals surface area contributed by atoms with Crippen molar-refractivity contribution >= 4 is 17.7 Å². The summed E-state index contributed by atoms with van der Waals surface area (Å²) in [5.41, 5.74) is -0.554. The van der Waals surface area contributed by atoms with E-state index < -0.39 is 11.7 Å². The van der Waals surface area contributed by atoms with Crippen LogP contribution in [0.25, 0.3) is 0 Å². The maximum absolute atomic E-state index is 11.6. The molecule has 0 N–H and O–H groups in total. The van der Waals surface area contributed by atoms with Gasteiger partial charge in [-0.2, -0.15) is 0 Å². The van der Waals surface area contributed by atoms with E-state index in [0.29, 0.717) is 13.1 Å². The molecule has 1 rings (SSSR count). The standard InChI is InChI=1S/C10H16N2O3/c1-7(13)8-11-5-6-12(8)9(14)15-10(2,3)4/h5-6H2,1-4H3. The fourth-order valence-electron chi connectivity index (χ4n) is 1.24. The number of Topliss-reactive ketones (excluding diaryl/α,β-unsaturated/α-hetero) is 1. The van der Waals surface area contributed by atoms with Gasteiger partial charge in [0.25, 0.3) is 0 Å². The highest BCUT2D eigenvalue weighted by Gasteiger charge is 2.30. The average Bonchev–Trinajstić information content (AvgIpc) is 2.47. The quantitative estimate of drug-likeness (QED) is 0.656. The first-order chi connectivity index (χ1) is 6.81. The van der Waals surface area contributed by atoms with Crippen LogP contribution in [0.4, 0.5) is 4.79 Å². The topological polar surface area (TPSA) is 59.0 Å². The second-order valence-electron chi connectivity index (χ2n) is 4.39. The van der Waals surface area contributed by atoms with Crippen LogP contribution < -0.4 is 0 Å². The molecule has 0 unspecified atom stereocenters. The van der Waals surface area contributed by atoms with Gasteiger partial charge in [0.05, 0.1) is 13.1 Å². The van der Waals surface area contributed by atoms with Crippen LogP contribution in [0.15, 0.2) is 4.99 Å². The van der Waals surface area contributed by atoms with Crippen LogP contribution in [-0.2, 0) is 9.53 Å². The van der Waals surface area contributed by atoms with Crippen molar-refractivity contribution in [3.63, 3.8) is 0 Å². The van der Waals surface area contributed by atoms with Crippen molar-refractivity contribution in [1.82, 2.24) is 4.90 Å². The minimum absolute atomic E-state index is 0.198. The number of hydrogen-bond acceptors (Lipinski definition) is 4. The molecule has 0 aliphatic carbocycles. The third-order valence-electron chi connectivity index (χ3n) is 1.77. The fraction of sp³-hybridized carbons (Fsp3) is 0.700. The number of amidine groups is 1. The van der Waals surface area contributed by atoms with Crippen LogP contribution in [0.3, 0.4) is 0 Å². The van der Waals surface area contributed by atoms with E-state index in [1.54, 1.807) is 20.8 Å². The van der Waals surface area contributed by atoms with Crippen LogP contribution in [0.1, 0.15) is 27.7 Å². The van der Waals surface area contributed by atoms with Crippen molar-refractivity contribution in [2.75, 3.05) is 13.1 Å². The molecular weight excluding hydrogens is 196 g/mol. The summed E-state index contributed by atoms with van der Waals surface area (Å²) in [4.78, 5) is 28.0. The molecule has 0 saturated heterocycles. The Morgan fingerprint density at radius 1 is 1.40 bits per heavy atom. The minimum atomic E-state index is -0.554. The molecule has 1 amide bonds. The lowest BCUT2D eigenvalue weighted by molar-refractivity contribution is -0.111. The Bertz CT molecular complexity index is 315. The van der Waals surface area contributed by atoms with Crippen molar-refractivity contribution < 1.29 is 14.3 Å². The molecule has 0 aromatic rings. The minimum Gasteiger partial charge on any atom is -0.443 e. The highest BCUT2D eigenvalue weighted by molar-refractivity contribution is 6.40. The Hall–Kier alpha value is -1.39. The highest BCUT2D eigenvalue weighted by Crippen LogP contribution is 2.12. The molecule has 0 aromatic heterocycles. The molecular formula is C10H16N2O3. The number of nitrogens with zero attached hydrogens (tertiary/aromatic N) is 2. The number of rotatable bonds is 1. The van der Waals surface area contributed by atoms with E-state index in [9.17, 15) is 9.59 Å². The Morgan fingerprint density at radius 3 is 2.47 bits per heavy atom. The lowest BCUT2D eigenvalue weighted by atomic mass is 10.2. The molecule has 0 radical (unpaired) electrons. The number of ether oxygens (including phenoxy) is 1. The molecule has 1 heterocycles. The summed E-state index contributed by atoms with van der Waals surface area (Å²) in [6, 6.07) is 0. The Balaban J connectivity index is 2.69. The van der Waals surface area contributed by atoms with Gasteiger partial charge in [0.2, 0.25) is 0 Å². The zero-order valence-corrected chi connectivity index (χ0v) is 9.53. The molecule has 0 spiro atoms. The smallest absolute Gasteiger partial charge is 0.416 e. The fourth-order valence-corrected chi connectivity index (χ4v) is 1.24. The van der Waals surface area contributed by atoms with E-state index in [0.717, 1.165) is 0 Å². The largest absolute Gasteiger partial charge is 0.443 e. The first-order valence-electron chi connectivity index (χ1n) is 4.87. The van der Waals surface area contributed by atoms with Crippen molar-refractivity contribution in [3.05, 3.63) is 0 Å². The summed E-state index contributed by atoms with van der Waals surface area (Å²) in [6.07, 6.45) is -0.506. The Labute approximate surface area is 89.1 Å². The van der Waals surface area contributed by atoms with E-state index in [-0.39, 0.29) is 11.6 Å². The van der Waals surface area contributed by atoms with E-state index in [1.807, 2.05) is 0 Å². The third kappa shape index (κ3) is 3.04. The second kappa shape index (κ2) is 4.00. The number of amides is 1. The molecule has 5 heteroatoms. The molecule has 0 bridgehead atoms. The van der Waals surface area contributed by atoms with Crippen molar-refractivity contribution in [3.8, 4) is 0 Å². The van der Waals surface area contributed by atoms with Gasteiger partial charge < -0.3 is 4.74 Å². The average molecular weight is 212 g/mol. The number of aliphatic imine (C=N–C) groups is 1. The van der Waals surface area contributed by atoms with Gasteiger partial charge >= 0.3 is 6.09 Å². The highest BCUT2D eigenvalue weighted by atomic mass is 16.6. The molecule has 5 nitrogen and oxygen atoms in total. The number of hydrogen-bond donors (Lipinski definition) is 0. The van der Waals surface area contributed by atoms with Crippen LogP contribution in [0.5, 0.6) is 0 Å². The third-order valence-corrected chi connectivity index (χ3v) is 1.77. The molecule has 0 aromatic carbocycles. The predicted octanol–water partition coefficient (Wildman–Crippen LogP) is 1.22. The van der Waals surface area contributed by atoms with Crippen LogP contribution in [-0.4, -0.2) is 41.3 Å². The van der Waals surface area contributed by atoms with Crippen LogP contribution >= 0.6 is 0 Å². The summed E-state index contributed by atoms with van der Waals surface area (Å²) in [7, 11) is 0. The van der Waals surface area contributed by atoms with E-state index in [1.165, 1.54) is 11.8 Å². The van der Waals surface area contributed by atoms with Crippen molar-refractivity contribution in [2.45, 2.75) is 33.3 Å². The lowest BCUT2D eigenvalue weighted by Crippen LogP contribution is -2.41. The zero-order valence-electron chi connectivity index (χ0n) is 9.53. The van der Waals surface area contributed by atoms with E-state index >= 15 is 0 Å². The molecule has 1 aliphatic rings. The second-order valence-corrected chi connectivity index (χ2v) is 4.39. The Morgan fingerprint density at radius 2 is 2.00 bits per heavy atom. The van der Waals surface area contributed by atoms with Gasteiger partial charge in [0.15, 0.2) is 11.6 Å². The molecule has 15 heavy (non-hydrogen) atoms. The van der Waals surface area contributed by atoms with Gasteiger partial charge in [-0.25, -0.2) is 4.79 Å².